The summed E-state index contributed by atoms with van der Waals surface area (Å²) in [4.78, 5) is 25.5. The Bertz CT molecular complexity index is 1230. The first-order valence-corrected chi connectivity index (χ1v) is 11.2. The molecule has 7 nitrogen and oxygen atoms in total. The summed E-state index contributed by atoms with van der Waals surface area (Å²) in [6.07, 6.45) is 1.08. The Morgan fingerprint density at radius 1 is 0.829 bits per heavy atom. The summed E-state index contributed by atoms with van der Waals surface area (Å²) in [6, 6.07) is 27.4. The van der Waals surface area contributed by atoms with E-state index in [-0.39, 0.29) is 6.79 Å². The zero-order valence-electron chi connectivity index (χ0n) is 19.5. The van der Waals surface area contributed by atoms with E-state index in [1.54, 1.807) is 13.0 Å². The third-order valence-corrected chi connectivity index (χ3v) is 4.99. The van der Waals surface area contributed by atoms with Crippen LogP contribution in [0.3, 0.4) is 0 Å². The van der Waals surface area contributed by atoms with Crippen LogP contribution in [0.15, 0.2) is 97.1 Å². The minimum Gasteiger partial charge on any atom is -0.457 e. The van der Waals surface area contributed by atoms with Gasteiger partial charge in [-0.2, -0.15) is 9.97 Å². The molecule has 1 N–H and O–H groups in total. The van der Waals surface area contributed by atoms with E-state index in [4.69, 9.17) is 14.5 Å². The predicted octanol–water partition coefficient (Wildman–Crippen LogP) is 5.25. The van der Waals surface area contributed by atoms with E-state index in [1.807, 2.05) is 66.7 Å². The molecular weight excluding hydrogens is 440 g/mol. The fourth-order valence-corrected chi connectivity index (χ4v) is 3.31. The van der Waals surface area contributed by atoms with Crippen molar-refractivity contribution < 1.29 is 14.3 Å². The molecule has 3 aromatic carbocycles. The number of nitrogens with zero attached hydrogens (tertiary/aromatic N) is 3. The SMILES string of the molecule is C=C(C)C(=O)OCOc1cccc(Cc2nc(Cc3ccccc3)nc(Nc3ccccc3)n2)c1. The molecule has 1 aromatic heterocycles. The molecular formula is C28H26N4O3. The summed E-state index contributed by atoms with van der Waals surface area (Å²) < 4.78 is 10.6. The van der Waals surface area contributed by atoms with Crippen molar-refractivity contribution in [2.75, 3.05) is 12.1 Å². The molecule has 0 radical (unpaired) electrons. The van der Waals surface area contributed by atoms with Gasteiger partial charge in [0, 0.05) is 24.1 Å². The number of nitrogens with one attached hydrogen (secondary N) is 1. The minimum atomic E-state index is -0.490. The Morgan fingerprint density at radius 3 is 2.14 bits per heavy atom. The molecule has 0 aliphatic rings. The van der Waals surface area contributed by atoms with Crippen molar-refractivity contribution in [2.24, 2.45) is 0 Å². The lowest BCUT2D eigenvalue weighted by molar-refractivity contribution is -0.145. The highest BCUT2D eigenvalue weighted by atomic mass is 16.7. The van der Waals surface area contributed by atoms with Crippen LogP contribution in [0, 0.1) is 0 Å². The third-order valence-electron chi connectivity index (χ3n) is 4.99. The second-order valence-electron chi connectivity index (χ2n) is 7.94. The number of hydrogen-bond acceptors (Lipinski definition) is 7. The van der Waals surface area contributed by atoms with Crippen molar-refractivity contribution in [1.29, 1.82) is 0 Å². The number of aromatic nitrogens is 3. The van der Waals surface area contributed by atoms with E-state index in [1.165, 1.54) is 0 Å². The fourth-order valence-electron chi connectivity index (χ4n) is 3.31. The van der Waals surface area contributed by atoms with Crippen molar-refractivity contribution in [3.63, 3.8) is 0 Å². The van der Waals surface area contributed by atoms with Gasteiger partial charge >= 0.3 is 5.97 Å². The van der Waals surface area contributed by atoms with Crippen molar-refractivity contribution in [3.8, 4) is 5.75 Å². The van der Waals surface area contributed by atoms with Gasteiger partial charge in [0.1, 0.15) is 17.4 Å². The average Bonchev–Trinajstić information content (AvgIpc) is 2.85. The van der Waals surface area contributed by atoms with E-state index in [9.17, 15) is 4.79 Å². The number of esters is 1. The number of ether oxygens (including phenoxy) is 2. The molecule has 0 fully saturated rings. The van der Waals surface area contributed by atoms with Crippen LogP contribution in [-0.4, -0.2) is 27.7 Å². The average molecular weight is 467 g/mol. The van der Waals surface area contributed by atoms with E-state index < -0.39 is 5.97 Å². The largest absolute Gasteiger partial charge is 0.457 e. The molecule has 0 aliphatic carbocycles. The van der Waals surface area contributed by atoms with Crippen molar-refractivity contribution in [3.05, 3.63) is 120 Å². The first-order chi connectivity index (χ1) is 17.0. The van der Waals surface area contributed by atoms with Crippen LogP contribution in [0.5, 0.6) is 5.75 Å². The highest BCUT2D eigenvalue weighted by Gasteiger charge is 2.10. The Kier molecular flexibility index (Phi) is 7.81. The standard InChI is InChI=1S/C28H26N4O3/c1-20(2)27(33)35-19-34-24-15-9-12-22(16-24)18-26-30-25(17-21-10-5-3-6-11-21)31-28(32-26)29-23-13-7-4-8-14-23/h3-16H,1,17-19H2,2H3,(H,29,30,31,32). The Hall–Kier alpha value is -4.52. The highest BCUT2D eigenvalue weighted by Crippen LogP contribution is 2.18. The molecule has 0 unspecified atom stereocenters. The molecule has 176 valence electrons. The van der Waals surface area contributed by atoms with Crippen LogP contribution in [0.25, 0.3) is 0 Å². The molecule has 0 atom stereocenters. The Labute approximate surface area is 204 Å². The van der Waals surface area contributed by atoms with Crippen LogP contribution < -0.4 is 10.1 Å². The van der Waals surface area contributed by atoms with E-state index in [2.05, 4.69) is 34.0 Å². The second-order valence-corrected chi connectivity index (χ2v) is 7.94. The van der Waals surface area contributed by atoms with Crippen LogP contribution >= 0.6 is 0 Å². The van der Waals surface area contributed by atoms with Gasteiger partial charge in [-0.1, -0.05) is 67.2 Å². The Balaban J connectivity index is 1.52. The Morgan fingerprint density at radius 2 is 1.46 bits per heavy atom. The maximum absolute atomic E-state index is 11.5. The molecule has 4 rings (SSSR count). The molecule has 1 heterocycles. The quantitative estimate of drug-likeness (QED) is 0.194. The molecule has 0 bridgehead atoms. The van der Waals surface area contributed by atoms with Gasteiger partial charge in [0.15, 0.2) is 0 Å². The summed E-state index contributed by atoms with van der Waals surface area (Å²) in [6.45, 7) is 4.95. The third kappa shape index (κ3) is 7.23. The van der Waals surface area contributed by atoms with Crippen molar-refractivity contribution in [1.82, 2.24) is 15.0 Å². The topological polar surface area (TPSA) is 86.2 Å². The smallest absolute Gasteiger partial charge is 0.335 e. The summed E-state index contributed by atoms with van der Waals surface area (Å²) in [5.74, 6) is 1.90. The fraction of sp³-hybridized carbons (Fsp3) is 0.143. The van der Waals surface area contributed by atoms with Gasteiger partial charge in [0.25, 0.3) is 0 Å². The lowest BCUT2D eigenvalue weighted by Crippen LogP contribution is -2.11. The molecule has 35 heavy (non-hydrogen) atoms. The maximum Gasteiger partial charge on any atom is 0.335 e. The van der Waals surface area contributed by atoms with Crippen LogP contribution in [0.2, 0.25) is 0 Å². The minimum absolute atomic E-state index is 0.187. The number of rotatable bonds is 10. The van der Waals surface area contributed by atoms with Gasteiger partial charge in [0.05, 0.1) is 0 Å². The zero-order valence-corrected chi connectivity index (χ0v) is 19.5. The van der Waals surface area contributed by atoms with Gasteiger partial charge in [0.2, 0.25) is 12.7 Å². The number of anilines is 2. The number of hydrogen-bond donors (Lipinski definition) is 1. The number of para-hydroxylation sites is 1. The first kappa shape index (κ1) is 23.6. The molecule has 0 saturated carbocycles. The van der Waals surface area contributed by atoms with E-state index >= 15 is 0 Å². The van der Waals surface area contributed by atoms with Gasteiger partial charge in [-0.3, -0.25) is 0 Å². The predicted molar refractivity (Wildman–Crippen MR) is 134 cm³/mol. The van der Waals surface area contributed by atoms with Gasteiger partial charge in [-0.25, -0.2) is 9.78 Å². The lowest BCUT2D eigenvalue weighted by Gasteiger charge is -2.11. The summed E-state index contributed by atoms with van der Waals surface area (Å²) in [5.41, 5.74) is 3.30. The molecule has 4 aromatic rings. The van der Waals surface area contributed by atoms with Crippen LogP contribution in [-0.2, 0) is 22.4 Å². The van der Waals surface area contributed by atoms with Gasteiger partial charge in [-0.05, 0) is 42.3 Å². The highest BCUT2D eigenvalue weighted by molar-refractivity contribution is 5.86. The number of benzene rings is 3. The van der Waals surface area contributed by atoms with Gasteiger partial charge in [-0.15, -0.1) is 0 Å². The van der Waals surface area contributed by atoms with Crippen LogP contribution in [0.4, 0.5) is 11.6 Å². The molecule has 0 aliphatic heterocycles. The second kappa shape index (κ2) is 11.6. The number of carbonyl (C=O) groups is 1. The molecule has 0 saturated heterocycles. The normalized spacial score (nSPS) is 10.4. The summed E-state index contributed by atoms with van der Waals surface area (Å²) in [5, 5.41) is 3.27. The van der Waals surface area contributed by atoms with Crippen molar-refractivity contribution >= 4 is 17.6 Å². The molecule has 0 spiro atoms. The number of carbonyl (C=O) groups excluding carboxylic acids is 1. The van der Waals surface area contributed by atoms with Crippen molar-refractivity contribution in [2.45, 2.75) is 19.8 Å². The maximum atomic E-state index is 11.5. The molecule has 7 heteroatoms. The molecule has 0 amide bonds. The zero-order chi connectivity index (χ0) is 24.5. The lowest BCUT2D eigenvalue weighted by atomic mass is 10.1. The van der Waals surface area contributed by atoms with E-state index in [0.717, 1.165) is 16.8 Å². The van der Waals surface area contributed by atoms with Crippen LogP contribution in [0.1, 0.15) is 29.7 Å². The van der Waals surface area contributed by atoms with E-state index in [0.29, 0.717) is 41.8 Å². The van der Waals surface area contributed by atoms with Gasteiger partial charge < -0.3 is 14.8 Å². The summed E-state index contributed by atoms with van der Waals surface area (Å²) >= 11 is 0. The monoisotopic (exact) mass is 466 g/mol. The summed E-state index contributed by atoms with van der Waals surface area (Å²) in [7, 11) is 0. The first-order valence-electron chi connectivity index (χ1n) is 11.2.